The van der Waals surface area contributed by atoms with E-state index in [1.54, 1.807) is 12.1 Å². The predicted molar refractivity (Wildman–Crippen MR) is 107 cm³/mol. The van der Waals surface area contributed by atoms with E-state index in [0.29, 0.717) is 38.4 Å². The summed E-state index contributed by atoms with van der Waals surface area (Å²) in [5.41, 5.74) is 0.551. The predicted octanol–water partition coefficient (Wildman–Crippen LogP) is 0.583. The number of rotatable bonds is 7. The first-order valence-corrected chi connectivity index (χ1v) is 11.5. The average Bonchev–Trinajstić information content (AvgIpc) is 3.47. The van der Waals surface area contributed by atoms with E-state index in [2.05, 4.69) is 20.4 Å². The van der Waals surface area contributed by atoms with Crippen molar-refractivity contribution in [1.29, 1.82) is 0 Å². The van der Waals surface area contributed by atoms with E-state index in [1.807, 2.05) is 0 Å². The Morgan fingerprint density at radius 3 is 2.43 bits per heavy atom. The van der Waals surface area contributed by atoms with Gasteiger partial charge in [-0.25, -0.2) is 8.42 Å². The molecule has 0 saturated carbocycles. The first-order chi connectivity index (χ1) is 14.5. The number of sulfonamides is 1. The molecule has 2 aliphatic rings. The Balaban J connectivity index is 1.35. The normalized spacial score (nSPS) is 18.5. The first kappa shape index (κ1) is 20.9. The summed E-state index contributed by atoms with van der Waals surface area (Å²) in [5, 5.41) is 10.5. The molecule has 162 valence electrons. The van der Waals surface area contributed by atoms with Gasteiger partial charge in [-0.1, -0.05) is 0 Å². The minimum Gasteiger partial charge on any atom is -0.412 e. The van der Waals surface area contributed by atoms with Gasteiger partial charge in [-0.15, -0.1) is 10.2 Å². The fraction of sp³-hybridized carbons (Fsp3) is 0.526. The number of carbonyl (C=O) groups excluding carboxylic acids is 1. The van der Waals surface area contributed by atoms with Gasteiger partial charge in [0, 0.05) is 44.8 Å². The van der Waals surface area contributed by atoms with Crippen molar-refractivity contribution in [3.05, 3.63) is 30.2 Å². The van der Waals surface area contributed by atoms with Crippen molar-refractivity contribution >= 4 is 15.9 Å². The molecule has 0 aliphatic carbocycles. The lowest BCUT2D eigenvalue weighted by atomic mass is 10.2. The smallest absolute Gasteiger partial charge is 0.308 e. The highest BCUT2D eigenvalue weighted by molar-refractivity contribution is 7.89. The number of hydrogen-bond acceptors (Lipinski definition) is 8. The molecule has 2 aliphatic heterocycles. The molecule has 30 heavy (non-hydrogen) atoms. The Morgan fingerprint density at radius 1 is 1.03 bits per heavy atom. The Kier molecular flexibility index (Phi) is 6.42. The summed E-state index contributed by atoms with van der Waals surface area (Å²) in [6, 6.07) is 6.26. The van der Waals surface area contributed by atoms with Gasteiger partial charge in [-0.05, 0) is 37.1 Å². The number of nitrogens with zero attached hydrogens (tertiary/aromatic N) is 4. The maximum absolute atomic E-state index is 12.6. The Labute approximate surface area is 175 Å². The number of benzene rings is 1. The van der Waals surface area contributed by atoms with Crippen LogP contribution in [0.2, 0.25) is 0 Å². The quantitative estimate of drug-likeness (QED) is 0.671. The Morgan fingerprint density at radius 2 is 1.73 bits per heavy atom. The molecular formula is C19H25N5O5S. The largest absolute Gasteiger partial charge is 0.412 e. The van der Waals surface area contributed by atoms with Crippen LogP contribution in [0.5, 0.6) is 0 Å². The zero-order chi connectivity index (χ0) is 21.0. The van der Waals surface area contributed by atoms with Crippen LogP contribution in [0.15, 0.2) is 33.6 Å². The molecule has 1 amide bonds. The lowest BCUT2D eigenvalue weighted by Gasteiger charge is -2.26. The van der Waals surface area contributed by atoms with E-state index in [-0.39, 0.29) is 16.7 Å². The molecule has 1 aromatic carbocycles. The van der Waals surface area contributed by atoms with Crippen molar-refractivity contribution in [1.82, 2.24) is 24.7 Å². The third kappa shape index (κ3) is 4.69. The van der Waals surface area contributed by atoms with Crippen LogP contribution in [0.3, 0.4) is 0 Å². The van der Waals surface area contributed by atoms with Crippen LogP contribution in [0, 0.1) is 0 Å². The zero-order valence-corrected chi connectivity index (χ0v) is 17.4. The molecule has 4 rings (SSSR count). The van der Waals surface area contributed by atoms with E-state index in [0.717, 1.165) is 32.5 Å². The first-order valence-electron chi connectivity index (χ1n) is 10.1. The molecule has 1 aromatic heterocycles. The molecule has 3 heterocycles. The molecule has 0 spiro atoms. The summed E-state index contributed by atoms with van der Waals surface area (Å²) in [5.74, 6) is -0.394. The zero-order valence-electron chi connectivity index (χ0n) is 16.6. The number of nitrogens with one attached hydrogen (secondary N) is 1. The number of amides is 1. The summed E-state index contributed by atoms with van der Waals surface area (Å²) in [4.78, 5) is 14.7. The monoisotopic (exact) mass is 435 g/mol. The highest BCUT2D eigenvalue weighted by Crippen LogP contribution is 2.24. The van der Waals surface area contributed by atoms with Crippen LogP contribution in [-0.4, -0.2) is 86.2 Å². The summed E-state index contributed by atoms with van der Waals surface area (Å²) < 4.78 is 37.5. The molecule has 2 saturated heterocycles. The lowest BCUT2D eigenvalue weighted by Crippen LogP contribution is -2.41. The molecule has 0 atom stereocenters. The van der Waals surface area contributed by atoms with Crippen molar-refractivity contribution in [2.75, 3.05) is 52.5 Å². The summed E-state index contributed by atoms with van der Waals surface area (Å²) in [6.07, 6.45) is 1.77. The van der Waals surface area contributed by atoms with Crippen LogP contribution >= 0.6 is 0 Å². The fourth-order valence-electron chi connectivity index (χ4n) is 3.51. The van der Waals surface area contributed by atoms with Crippen LogP contribution < -0.4 is 5.32 Å². The van der Waals surface area contributed by atoms with Gasteiger partial charge in [0.15, 0.2) is 0 Å². The van der Waals surface area contributed by atoms with Crippen LogP contribution in [0.1, 0.15) is 23.5 Å². The SMILES string of the molecule is O=C(NCCN1CCOCC1)c1nnc(-c2ccc(S(=O)(=O)N3CCCC3)cc2)o1. The van der Waals surface area contributed by atoms with Gasteiger partial charge in [-0.3, -0.25) is 9.69 Å². The minimum absolute atomic E-state index is 0.124. The van der Waals surface area contributed by atoms with Crippen LogP contribution in [0.4, 0.5) is 0 Å². The highest BCUT2D eigenvalue weighted by Gasteiger charge is 2.27. The van der Waals surface area contributed by atoms with Gasteiger partial charge >= 0.3 is 11.8 Å². The maximum Gasteiger partial charge on any atom is 0.308 e. The maximum atomic E-state index is 12.6. The Hall–Kier alpha value is -2.34. The van der Waals surface area contributed by atoms with E-state index < -0.39 is 15.9 Å². The molecule has 0 unspecified atom stereocenters. The third-order valence-corrected chi connectivity index (χ3v) is 7.15. The molecule has 2 aromatic rings. The Bertz CT molecular complexity index is 963. The second-order valence-electron chi connectivity index (χ2n) is 7.26. The van der Waals surface area contributed by atoms with Crippen molar-refractivity contribution in [3.63, 3.8) is 0 Å². The van der Waals surface area contributed by atoms with Gasteiger partial charge in [0.2, 0.25) is 15.9 Å². The van der Waals surface area contributed by atoms with Gasteiger partial charge in [0.25, 0.3) is 0 Å². The topological polar surface area (TPSA) is 118 Å². The number of hydrogen-bond donors (Lipinski definition) is 1. The molecule has 11 heteroatoms. The molecule has 0 radical (unpaired) electrons. The third-order valence-electron chi connectivity index (χ3n) is 5.24. The lowest BCUT2D eigenvalue weighted by molar-refractivity contribution is 0.0382. The van der Waals surface area contributed by atoms with E-state index >= 15 is 0 Å². The van der Waals surface area contributed by atoms with E-state index in [9.17, 15) is 13.2 Å². The van der Waals surface area contributed by atoms with Gasteiger partial charge in [-0.2, -0.15) is 4.31 Å². The number of morpholine rings is 1. The van der Waals surface area contributed by atoms with E-state index in [4.69, 9.17) is 9.15 Å². The molecule has 0 bridgehead atoms. The molecule has 10 nitrogen and oxygen atoms in total. The van der Waals surface area contributed by atoms with Crippen molar-refractivity contribution in [3.8, 4) is 11.5 Å². The van der Waals surface area contributed by atoms with Gasteiger partial charge < -0.3 is 14.5 Å². The number of carbonyl (C=O) groups is 1. The van der Waals surface area contributed by atoms with E-state index in [1.165, 1.54) is 16.4 Å². The standard InChI is InChI=1S/C19H25N5O5S/c25-17(20-7-10-23-11-13-28-14-12-23)19-22-21-18(29-19)15-3-5-16(6-4-15)30(26,27)24-8-1-2-9-24/h3-6H,1-2,7-14H2,(H,20,25). The summed E-state index contributed by atoms with van der Waals surface area (Å²) in [7, 11) is -3.47. The minimum atomic E-state index is -3.47. The summed E-state index contributed by atoms with van der Waals surface area (Å²) in [6.45, 7) is 5.42. The fourth-order valence-corrected chi connectivity index (χ4v) is 5.02. The van der Waals surface area contributed by atoms with Crippen molar-refractivity contribution < 1.29 is 22.4 Å². The van der Waals surface area contributed by atoms with Gasteiger partial charge in [0.05, 0.1) is 18.1 Å². The van der Waals surface area contributed by atoms with Crippen LogP contribution in [-0.2, 0) is 14.8 Å². The molecule has 1 N–H and O–H groups in total. The van der Waals surface area contributed by atoms with Crippen LogP contribution in [0.25, 0.3) is 11.5 Å². The number of ether oxygens (including phenoxy) is 1. The number of aromatic nitrogens is 2. The highest BCUT2D eigenvalue weighted by atomic mass is 32.2. The summed E-state index contributed by atoms with van der Waals surface area (Å²) >= 11 is 0. The second-order valence-corrected chi connectivity index (χ2v) is 9.20. The van der Waals surface area contributed by atoms with Crippen molar-refractivity contribution in [2.45, 2.75) is 17.7 Å². The van der Waals surface area contributed by atoms with Crippen molar-refractivity contribution in [2.24, 2.45) is 0 Å². The molecular weight excluding hydrogens is 410 g/mol. The second kappa shape index (κ2) is 9.21. The molecule has 2 fully saturated rings. The van der Waals surface area contributed by atoms with Gasteiger partial charge in [0.1, 0.15) is 0 Å². The average molecular weight is 436 g/mol.